The zero-order valence-corrected chi connectivity index (χ0v) is 16.8. The molecule has 2 amide bonds. The van der Waals surface area contributed by atoms with Crippen LogP contribution in [0.15, 0.2) is 48.8 Å². The number of carbonyl (C=O) groups is 2. The maximum Gasteiger partial charge on any atom is 0.227 e. The van der Waals surface area contributed by atoms with Crippen LogP contribution in [0.1, 0.15) is 32.3 Å². The Kier molecular flexibility index (Phi) is 6.80. The molecule has 1 fully saturated rings. The SMILES string of the molecule is CCCN1CCN(C(=O)CC)C[C@@H](Cc2cccc(-c3ccncc3)c2)C1=O. The van der Waals surface area contributed by atoms with Crippen molar-refractivity contribution in [3.8, 4) is 11.1 Å². The Hall–Kier alpha value is -2.69. The van der Waals surface area contributed by atoms with Gasteiger partial charge in [-0.25, -0.2) is 0 Å². The average molecular weight is 380 g/mol. The molecule has 1 aromatic heterocycles. The van der Waals surface area contributed by atoms with E-state index in [4.69, 9.17) is 0 Å². The fraction of sp³-hybridized carbons (Fsp3) is 0.435. The first-order chi connectivity index (χ1) is 13.6. The molecule has 0 unspecified atom stereocenters. The summed E-state index contributed by atoms with van der Waals surface area (Å²) in [5, 5.41) is 0. The summed E-state index contributed by atoms with van der Waals surface area (Å²) in [6, 6.07) is 12.3. The number of benzene rings is 1. The van der Waals surface area contributed by atoms with Crippen molar-refractivity contribution in [1.82, 2.24) is 14.8 Å². The zero-order valence-electron chi connectivity index (χ0n) is 16.8. The van der Waals surface area contributed by atoms with E-state index in [-0.39, 0.29) is 17.7 Å². The Morgan fingerprint density at radius 3 is 2.61 bits per heavy atom. The standard InChI is InChI=1S/C23H29N3O2/c1-3-12-25-13-14-26(22(27)4-2)17-21(23(25)28)16-18-6-5-7-20(15-18)19-8-10-24-11-9-19/h5-11,15,21H,3-4,12-14,16-17H2,1-2H3/t21-/m1/s1. The predicted octanol–water partition coefficient (Wildman–Crippen LogP) is 3.40. The minimum absolute atomic E-state index is 0.127. The summed E-state index contributed by atoms with van der Waals surface area (Å²) in [4.78, 5) is 33.3. The van der Waals surface area contributed by atoms with E-state index in [2.05, 4.69) is 30.1 Å². The van der Waals surface area contributed by atoms with E-state index in [1.54, 1.807) is 12.4 Å². The zero-order chi connectivity index (χ0) is 19.9. The van der Waals surface area contributed by atoms with E-state index in [0.29, 0.717) is 32.5 Å². The summed E-state index contributed by atoms with van der Waals surface area (Å²) in [5.74, 6) is 0.0986. The van der Waals surface area contributed by atoms with E-state index >= 15 is 0 Å². The largest absolute Gasteiger partial charge is 0.341 e. The Morgan fingerprint density at radius 2 is 1.89 bits per heavy atom. The Bertz CT molecular complexity index is 807. The van der Waals surface area contributed by atoms with E-state index < -0.39 is 0 Å². The van der Waals surface area contributed by atoms with Crippen LogP contribution in [0.25, 0.3) is 11.1 Å². The van der Waals surface area contributed by atoms with Crippen molar-refractivity contribution < 1.29 is 9.59 Å². The van der Waals surface area contributed by atoms with Gasteiger partial charge in [-0.1, -0.05) is 38.1 Å². The van der Waals surface area contributed by atoms with Crippen LogP contribution in [0.5, 0.6) is 0 Å². The van der Waals surface area contributed by atoms with Crippen molar-refractivity contribution in [2.24, 2.45) is 5.92 Å². The van der Waals surface area contributed by atoms with Gasteiger partial charge in [-0.05, 0) is 41.7 Å². The van der Waals surface area contributed by atoms with E-state index in [0.717, 1.165) is 29.7 Å². The van der Waals surface area contributed by atoms with Crippen molar-refractivity contribution >= 4 is 11.8 Å². The van der Waals surface area contributed by atoms with Crippen LogP contribution < -0.4 is 0 Å². The molecule has 1 atom stereocenters. The maximum absolute atomic E-state index is 13.1. The lowest BCUT2D eigenvalue weighted by Gasteiger charge is -2.24. The third kappa shape index (κ3) is 4.77. The molecular weight excluding hydrogens is 350 g/mol. The second kappa shape index (κ2) is 9.49. The van der Waals surface area contributed by atoms with Crippen LogP contribution in [-0.2, 0) is 16.0 Å². The van der Waals surface area contributed by atoms with Crippen molar-refractivity contribution in [2.75, 3.05) is 26.2 Å². The molecule has 3 rings (SSSR count). The molecule has 148 valence electrons. The van der Waals surface area contributed by atoms with Crippen LogP contribution in [0.4, 0.5) is 0 Å². The molecule has 0 saturated carbocycles. The Morgan fingerprint density at radius 1 is 1.11 bits per heavy atom. The van der Waals surface area contributed by atoms with Crippen LogP contribution in [-0.4, -0.2) is 52.8 Å². The molecule has 0 N–H and O–H groups in total. The van der Waals surface area contributed by atoms with Gasteiger partial charge in [-0.15, -0.1) is 0 Å². The number of hydrogen-bond acceptors (Lipinski definition) is 3. The highest BCUT2D eigenvalue weighted by atomic mass is 16.2. The van der Waals surface area contributed by atoms with Gasteiger partial charge in [0.25, 0.3) is 0 Å². The molecule has 0 aliphatic carbocycles. The van der Waals surface area contributed by atoms with Gasteiger partial charge in [0, 0.05) is 45.0 Å². The quantitative estimate of drug-likeness (QED) is 0.773. The first kappa shape index (κ1) is 20.1. The molecule has 0 spiro atoms. The van der Waals surface area contributed by atoms with Gasteiger partial charge in [0.05, 0.1) is 5.92 Å². The number of aromatic nitrogens is 1. The lowest BCUT2D eigenvalue weighted by molar-refractivity contribution is -0.135. The van der Waals surface area contributed by atoms with Crippen LogP contribution >= 0.6 is 0 Å². The normalized spacial score (nSPS) is 17.5. The van der Waals surface area contributed by atoms with Gasteiger partial charge in [0.1, 0.15) is 0 Å². The molecule has 2 aromatic rings. The predicted molar refractivity (Wildman–Crippen MR) is 111 cm³/mol. The van der Waals surface area contributed by atoms with Gasteiger partial charge in [-0.2, -0.15) is 0 Å². The third-order valence-corrected chi connectivity index (χ3v) is 5.31. The van der Waals surface area contributed by atoms with Crippen molar-refractivity contribution in [3.63, 3.8) is 0 Å². The monoisotopic (exact) mass is 379 g/mol. The minimum atomic E-state index is -0.197. The van der Waals surface area contributed by atoms with Gasteiger partial charge >= 0.3 is 0 Å². The molecule has 1 aliphatic rings. The number of pyridine rings is 1. The summed E-state index contributed by atoms with van der Waals surface area (Å²) >= 11 is 0. The molecule has 0 bridgehead atoms. The van der Waals surface area contributed by atoms with E-state index in [1.165, 1.54) is 0 Å². The summed E-state index contributed by atoms with van der Waals surface area (Å²) in [6.45, 7) is 6.48. The number of hydrogen-bond donors (Lipinski definition) is 0. The first-order valence-corrected chi connectivity index (χ1v) is 10.2. The first-order valence-electron chi connectivity index (χ1n) is 10.2. The van der Waals surface area contributed by atoms with E-state index in [1.807, 2.05) is 34.9 Å². The van der Waals surface area contributed by atoms with Crippen LogP contribution in [0.2, 0.25) is 0 Å². The number of amides is 2. The van der Waals surface area contributed by atoms with Gasteiger partial charge in [-0.3, -0.25) is 14.6 Å². The highest BCUT2D eigenvalue weighted by molar-refractivity contribution is 5.82. The lowest BCUT2D eigenvalue weighted by atomic mass is 9.95. The number of rotatable bonds is 6. The van der Waals surface area contributed by atoms with Crippen molar-refractivity contribution in [3.05, 3.63) is 54.4 Å². The topological polar surface area (TPSA) is 53.5 Å². The van der Waals surface area contributed by atoms with Gasteiger partial charge in [0.2, 0.25) is 11.8 Å². The lowest BCUT2D eigenvalue weighted by Crippen LogP contribution is -2.38. The highest BCUT2D eigenvalue weighted by Gasteiger charge is 2.31. The summed E-state index contributed by atoms with van der Waals surface area (Å²) < 4.78 is 0. The number of carbonyl (C=O) groups excluding carboxylic acids is 2. The molecule has 5 nitrogen and oxygen atoms in total. The molecular formula is C23H29N3O2. The summed E-state index contributed by atoms with van der Waals surface area (Å²) in [7, 11) is 0. The van der Waals surface area contributed by atoms with Crippen LogP contribution in [0.3, 0.4) is 0 Å². The minimum Gasteiger partial charge on any atom is -0.341 e. The Labute approximate surface area is 167 Å². The fourth-order valence-corrected chi connectivity index (χ4v) is 3.85. The third-order valence-electron chi connectivity index (χ3n) is 5.31. The summed E-state index contributed by atoms with van der Waals surface area (Å²) in [6.07, 6.45) is 5.62. The second-order valence-electron chi connectivity index (χ2n) is 7.36. The molecule has 0 radical (unpaired) electrons. The average Bonchev–Trinajstić information content (AvgIpc) is 2.88. The summed E-state index contributed by atoms with van der Waals surface area (Å²) in [5.41, 5.74) is 3.35. The maximum atomic E-state index is 13.1. The number of nitrogens with zero attached hydrogens (tertiary/aromatic N) is 3. The van der Waals surface area contributed by atoms with Gasteiger partial charge < -0.3 is 9.80 Å². The van der Waals surface area contributed by atoms with Crippen molar-refractivity contribution in [1.29, 1.82) is 0 Å². The highest BCUT2D eigenvalue weighted by Crippen LogP contribution is 2.23. The van der Waals surface area contributed by atoms with E-state index in [9.17, 15) is 9.59 Å². The van der Waals surface area contributed by atoms with Crippen LogP contribution in [0, 0.1) is 5.92 Å². The molecule has 1 saturated heterocycles. The molecule has 5 heteroatoms. The molecule has 2 heterocycles. The Balaban J connectivity index is 1.83. The molecule has 1 aromatic carbocycles. The molecule has 1 aliphatic heterocycles. The van der Waals surface area contributed by atoms with Gasteiger partial charge in [0.15, 0.2) is 0 Å². The van der Waals surface area contributed by atoms with Crippen molar-refractivity contribution in [2.45, 2.75) is 33.1 Å². The second-order valence-corrected chi connectivity index (χ2v) is 7.36. The fourth-order valence-electron chi connectivity index (χ4n) is 3.85. The smallest absolute Gasteiger partial charge is 0.227 e. The molecule has 28 heavy (non-hydrogen) atoms.